The number of carbonyl (C=O) groups excluding carboxylic acids is 1. The predicted molar refractivity (Wildman–Crippen MR) is 107 cm³/mol. The third-order valence-electron chi connectivity index (χ3n) is 5.46. The Bertz CT molecular complexity index is 906. The first-order valence-corrected chi connectivity index (χ1v) is 9.85. The minimum Gasteiger partial charge on any atom is -0.475 e. The van der Waals surface area contributed by atoms with E-state index in [1.807, 2.05) is 54.3 Å². The van der Waals surface area contributed by atoms with E-state index < -0.39 is 12.1 Å². The molecular weight excluding hydrogens is 413 g/mol. The van der Waals surface area contributed by atoms with Gasteiger partial charge in [0.05, 0.1) is 5.69 Å². The van der Waals surface area contributed by atoms with Gasteiger partial charge in [-0.1, -0.05) is 18.2 Å². The number of halogens is 3. The number of amides is 1. The number of likely N-dealkylation sites (tertiary alicyclic amines) is 1. The zero-order valence-electron chi connectivity index (χ0n) is 16.9. The lowest BCUT2D eigenvalue weighted by atomic mass is 9.89. The van der Waals surface area contributed by atoms with Crippen LogP contribution in [0.4, 0.5) is 19.0 Å². The molecule has 1 N–H and O–H groups in total. The molecule has 2 atom stereocenters. The van der Waals surface area contributed by atoms with Crippen LogP contribution in [0.3, 0.4) is 0 Å². The molecule has 31 heavy (non-hydrogen) atoms. The fourth-order valence-electron chi connectivity index (χ4n) is 3.87. The van der Waals surface area contributed by atoms with Crippen molar-refractivity contribution < 1.29 is 27.9 Å². The third-order valence-corrected chi connectivity index (χ3v) is 5.46. The van der Waals surface area contributed by atoms with Gasteiger partial charge in [-0.15, -0.1) is 5.10 Å². The maximum absolute atomic E-state index is 12.7. The summed E-state index contributed by atoms with van der Waals surface area (Å²) in [6.07, 6.45) is -3.97. The van der Waals surface area contributed by atoms with Crippen molar-refractivity contribution in [3.63, 3.8) is 0 Å². The summed E-state index contributed by atoms with van der Waals surface area (Å²) in [5, 5.41) is 15.6. The van der Waals surface area contributed by atoms with E-state index in [1.165, 1.54) is 0 Å². The molecule has 2 saturated heterocycles. The van der Waals surface area contributed by atoms with Crippen LogP contribution in [0.2, 0.25) is 0 Å². The molecule has 2 fully saturated rings. The fraction of sp³-hybridized carbons (Fsp3) is 0.429. The Labute approximate surface area is 177 Å². The number of benzene rings is 1. The molecule has 4 rings (SSSR count). The van der Waals surface area contributed by atoms with Crippen molar-refractivity contribution in [2.75, 3.05) is 31.1 Å². The maximum atomic E-state index is 12.7. The average Bonchev–Trinajstić information content (AvgIpc) is 3.17. The summed E-state index contributed by atoms with van der Waals surface area (Å²) in [5.74, 6) is -0.520. The fourth-order valence-corrected chi connectivity index (χ4v) is 3.87. The molecule has 1 amide bonds. The molecule has 0 unspecified atom stereocenters. The zero-order chi connectivity index (χ0) is 22.6. The van der Waals surface area contributed by atoms with Crippen LogP contribution in [0.1, 0.15) is 22.5 Å². The summed E-state index contributed by atoms with van der Waals surface area (Å²) >= 11 is 0. The van der Waals surface area contributed by atoms with E-state index in [0.717, 1.165) is 49.7 Å². The van der Waals surface area contributed by atoms with Gasteiger partial charge in [0.15, 0.2) is 5.82 Å². The standard InChI is InChI=1S/C19H22N4O.C2HF3O2/c1-14-7-8-18(21-20-14)22-10-9-16-11-23(13-17(16)12-22)19(24)15-5-3-2-4-6-15;3-2(4,5)1(6)7/h2-8,16-17H,9-13H2,1H3;(H,6,7)/t16-,17+;/m0./s1. The smallest absolute Gasteiger partial charge is 0.475 e. The molecule has 7 nitrogen and oxygen atoms in total. The summed E-state index contributed by atoms with van der Waals surface area (Å²) in [6.45, 7) is 5.63. The first-order chi connectivity index (χ1) is 14.6. The highest BCUT2D eigenvalue weighted by Crippen LogP contribution is 2.33. The van der Waals surface area contributed by atoms with Gasteiger partial charge in [-0.3, -0.25) is 4.79 Å². The van der Waals surface area contributed by atoms with Crippen LogP contribution in [0.5, 0.6) is 0 Å². The van der Waals surface area contributed by atoms with Crippen molar-refractivity contribution in [2.24, 2.45) is 11.8 Å². The molecule has 0 saturated carbocycles. The lowest BCUT2D eigenvalue weighted by molar-refractivity contribution is -0.192. The van der Waals surface area contributed by atoms with Gasteiger partial charge in [0, 0.05) is 31.7 Å². The van der Waals surface area contributed by atoms with E-state index >= 15 is 0 Å². The number of aryl methyl sites for hydroxylation is 1. The molecule has 10 heteroatoms. The monoisotopic (exact) mass is 436 g/mol. The predicted octanol–water partition coefficient (Wildman–Crippen LogP) is 3.02. The largest absolute Gasteiger partial charge is 0.490 e. The van der Waals surface area contributed by atoms with Gasteiger partial charge in [0.2, 0.25) is 0 Å². The number of nitrogens with zero attached hydrogens (tertiary/aromatic N) is 4. The van der Waals surface area contributed by atoms with Gasteiger partial charge in [-0.2, -0.15) is 18.3 Å². The molecule has 0 bridgehead atoms. The number of anilines is 1. The van der Waals surface area contributed by atoms with E-state index in [2.05, 4.69) is 15.1 Å². The van der Waals surface area contributed by atoms with Gasteiger partial charge in [-0.05, 0) is 49.4 Å². The van der Waals surface area contributed by atoms with Crippen molar-refractivity contribution in [3.05, 3.63) is 53.7 Å². The van der Waals surface area contributed by atoms with Gasteiger partial charge in [0.1, 0.15) is 0 Å². The van der Waals surface area contributed by atoms with E-state index in [9.17, 15) is 18.0 Å². The first kappa shape index (κ1) is 22.5. The number of piperidine rings is 1. The molecule has 0 radical (unpaired) electrons. The highest BCUT2D eigenvalue weighted by molar-refractivity contribution is 5.94. The van der Waals surface area contributed by atoms with Crippen LogP contribution >= 0.6 is 0 Å². The number of rotatable bonds is 2. The molecule has 2 aromatic rings. The van der Waals surface area contributed by atoms with Crippen molar-refractivity contribution in [1.82, 2.24) is 15.1 Å². The van der Waals surface area contributed by atoms with Crippen LogP contribution in [-0.2, 0) is 4.79 Å². The quantitative estimate of drug-likeness (QED) is 0.779. The summed E-state index contributed by atoms with van der Waals surface area (Å²) in [7, 11) is 0. The summed E-state index contributed by atoms with van der Waals surface area (Å²) in [5.41, 5.74) is 1.73. The van der Waals surface area contributed by atoms with Crippen molar-refractivity contribution in [1.29, 1.82) is 0 Å². The number of carboxylic acid groups (broad SMARTS) is 1. The second-order valence-corrected chi connectivity index (χ2v) is 7.67. The van der Waals surface area contributed by atoms with E-state index in [4.69, 9.17) is 9.90 Å². The second-order valence-electron chi connectivity index (χ2n) is 7.67. The summed E-state index contributed by atoms with van der Waals surface area (Å²) < 4.78 is 31.7. The number of hydrogen-bond donors (Lipinski definition) is 1. The lowest BCUT2D eigenvalue weighted by Crippen LogP contribution is -2.40. The van der Waals surface area contributed by atoms with Gasteiger partial charge in [-0.25, -0.2) is 4.79 Å². The normalized spacial score (nSPS) is 20.5. The molecule has 1 aromatic carbocycles. The van der Waals surface area contributed by atoms with Crippen LogP contribution in [0.15, 0.2) is 42.5 Å². The third kappa shape index (κ3) is 5.71. The highest BCUT2D eigenvalue weighted by atomic mass is 19.4. The molecule has 0 aliphatic carbocycles. The molecule has 3 heterocycles. The molecular formula is C21H23F3N4O3. The minimum atomic E-state index is -5.08. The van der Waals surface area contributed by atoms with Crippen LogP contribution in [-0.4, -0.2) is 64.4 Å². The number of carbonyl (C=O) groups is 2. The minimum absolute atomic E-state index is 0.159. The summed E-state index contributed by atoms with van der Waals surface area (Å²) in [4.78, 5) is 25.9. The maximum Gasteiger partial charge on any atom is 0.490 e. The van der Waals surface area contributed by atoms with E-state index in [-0.39, 0.29) is 5.91 Å². The Balaban J connectivity index is 0.000000339. The molecule has 2 aliphatic rings. The lowest BCUT2D eigenvalue weighted by Gasteiger charge is -2.34. The number of aromatic nitrogens is 2. The van der Waals surface area contributed by atoms with Crippen molar-refractivity contribution >= 4 is 17.7 Å². The number of fused-ring (bicyclic) bond motifs is 1. The molecule has 2 aliphatic heterocycles. The Morgan fingerprint density at radius 1 is 1.00 bits per heavy atom. The Hall–Kier alpha value is -3.17. The van der Waals surface area contributed by atoms with Gasteiger partial charge < -0.3 is 14.9 Å². The zero-order valence-corrected chi connectivity index (χ0v) is 16.9. The highest BCUT2D eigenvalue weighted by Gasteiger charge is 2.39. The van der Waals surface area contributed by atoms with Crippen molar-refractivity contribution in [3.8, 4) is 0 Å². The van der Waals surface area contributed by atoms with Gasteiger partial charge >= 0.3 is 12.1 Å². The summed E-state index contributed by atoms with van der Waals surface area (Å²) in [6, 6.07) is 13.7. The van der Waals surface area contributed by atoms with Crippen molar-refractivity contribution in [2.45, 2.75) is 19.5 Å². The topological polar surface area (TPSA) is 86.6 Å². The molecule has 166 valence electrons. The Morgan fingerprint density at radius 2 is 1.65 bits per heavy atom. The van der Waals surface area contributed by atoms with E-state index in [0.29, 0.717) is 11.8 Å². The number of hydrogen-bond acceptors (Lipinski definition) is 5. The number of alkyl halides is 3. The Kier molecular flexibility index (Phi) is 6.77. The second kappa shape index (κ2) is 9.32. The molecule has 0 spiro atoms. The van der Waals surface area contributed by atoms with Crippen LogP contribution in [0.25, 0.3) is 0 Å². The average molecular weight is 436 g/mol. The van der Waals surface area contributed by atoms with E-state index in [1.54, 1.807) is 0 Å². The SMILES string of the molecule is Cc1ccc(N2CC[C@H]3CN(C(=O)c4ccccc4)C[C@H]3C2)nn1.O=C(O)C(F)(F)F. The number of carboxylic acids is 1. The number of aliphatic carboxylic acids is 1. The first-order valence-electron chi connectivity index (χ1n) is 9.85. The Morgan fingerprint density at radius 3 is 2.23 bits per heavy atom. The van der Waals surface area contributed by atoms with Crippen LogP contribution < -0.4 is 4.90 Å². The van der Waals surface area contributed by atoms with Crippen LogP contribution in [0, 0.1) is 18.8 Å². The van der Waals surface area contributed by atoms with Gasteiger partial charge in [0.25, 0.3) is 5.91 Å². The molecule has 1 aromatic heterocycles.